The number of carbonyl (C=O) groups is 2. The number of benzene rings is 2. The Labute approximate surface area is 207 Å². The zero-order valence-electron chi connectivity index (χ0n) is 19.0. The molecule has 0 aliphatic carbocycles. The van der Waals surface area contributed by atoms with E-state index in [4.69, 9.17) is 10.2 Å². The van der Waals surface area contributed by atoms with Crippen molar-refractivity contribution in [2.75, 3.05) is 14.2 Å². The Bertz CT molecular complexity index is 1150. The molecule has 0 aliphatic heterocycles. The third-order valence-electron chi connectivity index (χ3n) is 4.43. The van der Waals surface area contributed by atoms with Crippen LogP contribution in [-0.2, 0) is 12.8 Å². The summed E-state index contributed by atoms with van der Waals surface area (Å²) in [5.41, 5.74) is -4.26. The van der Waals surface area contributed by atoms with Crippen molar-refractivity contribution in [2.24, 2.45) is 0 Å². The lowest BCUT2D eigenvalue weighted by molar-refractivity contribution is -0.385. The first-order chi connectivity index (χ1) is 17.3. The maximum Gasteiger partial charge on any atom is 0.393 e. The Kier molecular flexibility index (Phi) is 9.97. The maximum atomic E-state index is 12.3. The molecule has 38 heavy (non-hydrogen) atoms. The van der Waals surface area contributed by atoms with Crippen LogP contribution < -0.4 is 9.47 Å². The van der Waals surface area contributed by atoms with Crippen LogP contribution in [0.15, 0.2) is 24.3 Å². The summed E-state index contributed by atoms with van der Waals surface area (Å²) in [6.07, 6.45) is -12.1. The lowest BCUT2D eigenvalue weighted by atomic mass is 10.0. The molecule has 18 heteroatoms. The summed E-state index contributed by atoms with van der Waals surface area (Å²) in [5, 5.41) is 38.9. The highest BCUT2D eigenvalue weighted by molar-refractivity contribution is 5.93. The van der Waals surface area contributed by atoms with E-state index in [1.807, 2.05) is 0 Å². The van der Waals surface area contributed by atoms with E-state index >= 15 is 0 Å². The fourth-order valence-electron chi connectivity index (χ4n) is 2.96. The number of nitrogens with zero attached hydrogens (tertiary/aromatic N) is 2. The Hall–Kier alpha value is -4.64. The predicted molar refractivity (Wildman–Crippen MR) is 113 cm³/mol. The van der Waals surface area contributed by atoms with Crippen molar-refractivity contribution in [1.82, 2.24) is 0 Å². The zero-order valence-corrected chi connectivity index (χ0v) is 19.0. The number of nitro groups is 2. The first kappa shape index (κ1) is 31.4. The van der Waals surface area contributed by atoms with Crippen LogP contribution in [0, 0.1) is 20.2 Å². The maximum absolute atomic E-state index is 12.3. The minimum absolute atomic E-state index is 0.361. The number of carboxylic acid groups (broad SMARTS) is 2. The van der Waals surface area contributed by atoms with Gasteiger partial charge in [0.2, 0.25) is 0 Å². The number of alkyl halides is 6. The molecule has 12 nitrogen and oxygen atoms in total. The molecular weight excluding hydrogens is 542 g/mol. The van der Waals surface area contributed by atoms with E-state index in [9.17, 15) is 56.2 Å². The molecular formula is C20H16F6N2O10. The molecule has 0 fully saturated rings. The van der Waals surface area contributed by atoms with Gasteiger partial charge in [0.25, 0.3) is 11.4 Å². The van der Waals surface area contributed by atoms with Crippen LogP contribution in [0.25, 0.3) is 0 Å². The van der Waals surface area contributed by atoms with Gasteiger partial charge in [0, 0.05) is 35.4 Å². The zero-order chi connectivity index (χ0) is 29.6. The summed E-state index contributed by atoms with van der Waals surface area (Å²) >= 11 is 0. The van der Waals surface area contributed by atoms with Crippen LogP contribution >= 0.6 is 0 Å². The summed E-state index contributed by atoms with van der Waals surface area (Å²) in [6, 6.07) is 2.55. The lowest BCUT2D eigenvalue weighted by Crippen LogP contribution is -2.14. The van der Waals surface area contributed by atoms with Crippen LogP contribution in [0.2, 0.25) is 0 Å². The van der Waals surface area contributed by atoms with Gasteiger partial charge in [-0.1, -0.05) is 0 Å². The van der Waals surface area contributed by atoms with Crippen molar-refractivity contribution < 1.29 is 65.5 Å². The molecule has 208 valence electrons. The number of ether oxygens (including phenoxy) is 2. The Morgan fingerprint density at radius 1 is 0.737 bits per heavy atom. The topological polar surface area (TPSA) is 179 Å². The summed E-state index contributed by atoms with van der Waals surface area (Å²) in [7, 11) is 2.10. The third-order valence-corrected chi connectivity index (χ3v) is 4.43. The van der Waals surface area contributed by atoms with Crippen LogP contribution in [0.1, 0.15) is 31.8 Å². The van der Waals surface area contributed by atoms with Gasteiger partial charge in [0.05, 0.1) is 36.9 Å². The van der Waals surface area contributed by atoms with Gasteiger partial charge in [-0.05, 0) is 0 Å². The molecule has 0 heterocycles. The fraction of sp³-hybridized carbons (Fsp3) is 0.300. The molecule has 0 radical (unpaired) electrons. The molecule has 0 atom stereocenters. The first-order valence-electron chi connectivity index (χ1n) is 9.62. The minimum atomic E-state index is -4.59. The molecule has 0 amide bonds. The number of rotatable bonds is 8. The molecule has 2 aromatic rings. The summed E-state index contributed by atoms with van der Waals surface area (Å²) in [5.74, 6) is -3.97. The van der Waals surface area contributed by atoms with E-state index in [0.29, 0.717) is 24.3 Å². The van der Waals surface area contributed by atoms with Crippen molar-refractivity contribution in [3.8, 4) is 11.5 Å². The number of carboxylic acids is 2. The summed E-state index contributed by atoms with van der Waals surface area (Å²) < 4.78 is 83.1. The van der Waals surface area contributed by atoms with Crippen LogP contribution in [0.3, 0.4) is 0 Å². The molecule has 2 aromatic carbocycles. The second kappa shape index (κ2) is 12.1. The van der Waals surface area contributed by atoms with E-state index in [1.54, 1.807) is 0 Å². The van der Waals surface area contributed by atoms with E-state index in [-0.39, 0.29) is 11.5 Å². The average Bonchev–Trinajstić information content (AvgIpc) is 2.76. The van der Waals surface area contributed by atoms with Crippen LogP contribution in [0.5, 0.6) is 11.5 Å². The van der Waals surface area contributed by atoms with Gasteiger partial charge < -0.3 is 19.7 Å². The number of hydrogen-bond donors (Lipinski definition) is 2. The molecule has 0 aromatic heterocycles. The number of hydrogen-bond acceptors (Lipinski definition) is 8. The number of nitro benzene ring substituents is 2. The Balaban J connectivity index is 0.000000380. The highest BCUT2D eigenvalue weighted by Crippen LogP contribution is 2.34. The monoisotopic (exact) mass is 558 g/mol. The quantitative estimate of drug-likeness (QED) is 0.259. The molecule has 2 rings (SSSR count). The molecule has 0 saturated carbocycles. The van der Waals surface area contributed by atoms with Crippen molar-refractivity contribution >= 4 is 23.3 Å². The van der Waals surface area contributed by atoms with Gasteiger partial charge in [-0.3, -0.25) is 20.2 Å². The highest BCUT2D eigenvalue weighted by Gasteiger charge is 2.33. The van der Waals surface area contributed by atoms with Gasteiger partial charge in [-0.2, -0.15) is 26.3 Å². The van der Waals surface area contributed by atoms with E-state index in [0.717, 1.165) is 14.2 Å². The first-order valence-corrected chi connectivity index (χ1v) is 9.62. The molecule has 0 aliphatic rings. The van der Waals surface area contributed by atoms with Crippen LogP contribution in [0.4, 0.5) is 37.7 Å². The predicted octanol–water partition coefficient (Wildman–Crippen LogP) is 4.81. The number of methoxy groups -OCH3 is 2. The van der Waals surface area contributed by atoms with Gasteiger partial charge in [-0.25, -0.2) is 9.59 Å². The van der Waals surface area contributed by atoms with Gasteiger partial charge in [-0.15, -0.1) is 0 Å². The molecule has 0 unspecified atom stereocenters. The Morgan fingerprint density at radius 3 is 1.21 bits per heavy atom. The second-order valence-electron chi connectivity index (χ2n) is 7.07. The third kappa shape index (κ3) is 8.79. The normalized spacial score (nSPS) is 11.2. The van der Waals surface area contributed by atoms with Gasteiger partial charge in [0.15, 0.2) is 0 Å². The lowest BCUT2D eigenvalue weighted by Gasteiger charge is -2.12. The molecule has 0 bridgehead atoms. The second-order valence-corrected chi connectivity index (χ2v) is 7.07. The smallest absolute Gasteiger partial charge is 0.393 e. The summed E-state index contributed by atoms with van der Waals surface area (Å²) in [4.78, 5) is 40.8. The number of halogens is 6. The SMILES string of the molecule is COc1cc(C(=O)O)c([N+](=O)[O-])cc1CC(F)(F)F.COc1cc(C(=O)O)c([N+](=O)[O-])cc1CC(F)(F)F. The van der Waals surface area contributed by atoms with Crippen molar-refractivity contribution in [3.63, 3.8) is 0 Å². The average molecular weight is 558 g/mol. The highest BCUT2D eigenvalue weighted by atomic mass is 19.4. The van der Waals surface area contributed by atoms with E-state index in [2.05, 4.69) is 9.47 Å². The summed E-state index contributed by atoms with van der Waals surface area (Å²) in [6.45, 7) is 0. The van der Waals surface area contributed by atoms with Crippen molar-refractivity contribution in [2.45, 2.75) is 25.2 Å². The van der Waals surface area contributed by atoms with Crippen molar-refractivity contribution in [1.29, 1.82) is 0 Å². The van der Waals surface area contributed by atoms with E-state index in [1.165, 1.54) is 0 Å². The molecule has 0 spiro atoms. The Morgan fingerprint density at radius 2 is 1.03 bits per heavy atom. The van der Waals surface area contributed by atoms with Gasteiger partial charge >= 0.3 is 24.3 Å². The molecule has 0 saturated heterocycles. The van der Waals surface area contributed by atoms with Crippen LogP contribution in [-0.4, -0.2) is 58.6 Å². The molecule has 2 N–H and O–H groups in total. The standard InChI is InChI=1S/2C10H8F3NO5/c2*1-19-8-3-6(9(15)16)7(14(17)18)2-5(8)4-10(11,12)13/h2*2-3H,4H2,1H3,(H,15,16). The van der Waals surface area contributed by atoms with Gasteiger partial charge in [0.1, 0.15) is 22.6 Å². The number of aromatic carboxylic acids is 2. The minimum Gasteiger partial charge on any atom is -0.496 e. The largest absolute Gasteiger partial charge is 0.496 e. The fourth-order valence-corrected chi connectivity index (χ4v) is 2.96. The van der Waals surface area contributed by atoms with Crippen molar-refractivity contribution in [3.05, 3.63) is 66.7 Å². The van der Waals surface area contributed by atoms with E-state index < -0.39 is 80.6 Å².